The molecule has 2 aliphatic heterocycles. The summed E-state index contributed by atoms with van der Waals surface area (Å²) in [6.45, 7) is 5.32. The van der Waals surface area contributed by atoms with Crippen molar-refractivity contribution in [2.45, 2.75) is 52.1 Å². The Labute approximate surface area is 168 Å². The number of amides is 1. The highest BCUT2D eigenvalue weighted by atomic mass is 32.1. The Morgan fingerprint density at radius 2 is 2.00 bits per heavy atom. The summed E-state index contributed by atoms with van der Waals surface area (Å²) in [5.41, 5.74) is 1.26. The summed E-state index contributed by atoms with van der Waals surface area (Å²) in [5, 5.41) is 6.52. The number of aryl methyl sites for hydroxylation is 2. The van der Waals surface area contributed by atoms with Gasteiger partial charge in [0.2, 0.25) is 0 Å². The number of ether oxygens (including phenoxy) is 1. The van der Waals surface area contributed by atoms with E-state index in [2.05, 4.69) is 5.10 Å². The molecular weight excluding hydrogens is 376 g/mol. The smallest absolute Gasteiger partial charge is 0.345 e. The van der Waals surface area contributed by atoms with Gasteiger partial charge in [-0.25, -0.2) is 9.48 Å². The first-order valence-electron chi connectivity index (χ1n) is 10.0. The van der Waals surface area contributed by atoms with E-state index in [0.717, 1.165) is 68.0 Å². The van der Waals surface area contributed by atoms with Crippen molar-refractivity contribution >= 4 is 17.2 Å². The molecule has 2 aromatic rings. The Kier molecular flexibility index (Phi) is 5.42. The second-order valence-corrected chi connectivity index (χ2v) is 8.96. The average molecular weight is 405 g/mol. The number of likely N-dealkylation sites (tertiary alicyclic amines) is 1. The van der Waals surface area contributed by atoms with Crippen molar-refractivity contribution < 1.29 is 9.53 Å². The van der Waals surface area contributed by atoms with Gasteiger partial charge in [-0.3, -0.25) is 9.36 Å². The van der Waals surface area contributed by atoms with Crippen molar-refractivity contribution in [2.75, 3.05) is 26.8 Å². The zero-order valence-electron chi connectivity index (χ0n) is 16.6. The van der Waals surface area contributed by atoms with E-state index in [0.29, 0.717) is 13.2 Å². The van der Waals surface area contributed by atoms with Crippen LogP contribution in [0.25, 0.3) is 0 Å². The van der Waals surface area contributed by atoms with Crippen LogP contribution in [0.1, 0.15) is 46.7 Å². The molecule has 4 heterocycles. The van der Waals surface area contributed by atoms with Gasteiger partial charge in [-0.15, -0.1) is 11.3 Å². The van der Waals surface area contributed by atoms with Crippen LogP contribution in [0.5, 0.6) is 0 Å². The number of carbonyl (C=O) groups excluding carboxylic acids is 1. The van der Waals surface area contributed by atoms with Gasteiger partial charge in [0.25, 0.3) is 5.91 Å². The van der Waals surface area contributed by atoms with Gasteiger partial charge in [0.1, 0.15) is 5.82 Å². The fourth-order valence-corrected chi connectivity index (χ4v) is 5.38. The molecule has 1 saturated heterocycles. The summed E-state index contributed by atoms with van der Waals surface area (Å²) in [5.74, 6) is 1.07. The standard InChI is InChI=1S/C20H28N4O3S/c1-15-4-14-28-17(15)18(25)22-9-6-20(7-10-22)5-3-16-21-24(12-13-27-2)19(26)23(16)11-8-20/h4,14H,3,5-13H2,1-2H3. The van der Waals surface area contributed by atoms with Crippen molar-refractivity contribution in [1.29, 1.82) is 0 Å². The second-order valence-electron chi connectivity index (χ2n) is 8.04. The highest BCUT2D eigenvalue weighted by Gasteiger charge is 2.38. The Balaban J connectivity index is 1.41. The lowest BCUT2D eigenvalue weighted by Gasteiger charge is -2.41. The molecule has 1 amide bonds. The van der Waals surface area contributed by atoms with Crippen LogP contribution in [0.2, 0.25) is 0 Å². The summed E-state index contributed by atoms with van der Waals surface area (Å²) >= 11 is 1.53. The molecule has 0 aliphatic carbocycles. The van der Waals surface area contributed by atoms with Crippen molar-refractivity contribution in [3.05, 3.63) is 38.2 Å². The van der Waals surface area contributed by atoms with Gasteiger partial charge in [-0.1, -0.05) is 0 Å². The molecule has 2 aromatic heterocycles. The van der Waals surface area contributed by atoms with E-state index in [4.69, 9.17) is 4.74 Å². The number of thiophene rings is 1. The number of methoxy groups -OCH3 is 1. The van der Waals surface area contributed by atoms with Gasteiger partial charge in [-0.05, 0) is 55.0 Å². The Morgan fingerprint density at radius 1 is 1.25 bits per heavy atom. The van der Waals surface area contributed by atoms with Gasteiger partial charge in [-0.2, -0.15) is 5.10 Å². The third-order valence-electron chi connectivity index (χ3n) is 6.42. The molecule has 0 bridgehead atoms. The summed E-state index contributed by atoms with van der Waals surface area (Å²) < 4.78 is 8.44. The molecule has 0 atom stereocenters. The van der Waals surface area contributed by atoms with Crippen molar-refractivity contribution in [3.8, 4) is 0 Å². The second kappa shape index (κ2) is 7.83. The number of hydrogen-bond donors (Lipinski definition) is 0. The third kappa shape index (κ3) is 3.55. The van der Waals surface area contributed by atoms with E-state index < -0.39 is 0 Å². The first-order chi connectivity index (χ1) is 13.5. The van der Waals surface area contributed by atoms with E-state index in [-0.39, 0.29) is 17.0 Å². The predicted octanol–water partition coefficient (Wildman–Crippen LogP) is 2.32. The fraction of sp³-hybridized carbons (Fsp3) is 0.650. The summed E-state index contributed by atoms with van der Waals surface area (Å²) in [6, 6.07) is 2.01. The molecule has 8 heteroatoms. The lowest BCUT2D eigenvalue weighted by molar-refractivity contribution is 0.0538. The number of piperidine rings is 1. The fourth-order valence-electron chi connectivity index (χ4n) is 4.49. The Morgan fingerprint density at radius 3 is 2.68 bits per heavy atom. The van der Waals surface area contributed by atoms with Crippen LogP contribution in [0.3, 0.4) is 0 Å². The van der Waals surface area contributed by atoms with Crippen LogP contribution in [-0.4, -0.2) is 52.0 Å². The van der Waals surface area contributed by atoms with E-state index in [9.17, 15) is 9.59 Å². The monoisotopic (exact) mass is 404 g/mol. The summed E-state index contributed by atoms with van der Waals surface area (Å²) in [4.78, 5) is 28.3. The van der Waals surface area contributed by atoms with Gasteiger partial charge in [0, 0.05) is 33.2 Å². The van der Waals surface area contributed by atoms with Gasteiger partial charge >= 0.3 is 5.69 Å². The lowest BCUT2D eigenvalue weighted by Crippen LogP contribution is -2.43. The van der Waals surface area contributed by atoms with Gasteiger partial charge < -0.3 is 9.64 Å². The van der Waals surface area contributed by atoms with E-state index in [1.807, 2.05) is 27.8 Å². The number of nitrogens with zero attached hydrogens (tertiary/aromatic N) is 4. The van der Waals surface area contributed by atoms with Crippen LogP contribution < -0.4 is 5.69 Å². The normalized spacial score (nSPS) is 18.9. The zero-order valence-corrected chi connectivity index (χ0v) is 17.5. The van der Waals surface area contributed by atoms with E-state index in [1.54, 1.807) is 7.11 Å². The average Bonchev–Trinajstić information content (AvgIpc) is 3.21. The first kappa shape index (κ1) is 19.4. The molecule has 2 aliphatic rings. The molecule has 0 aromatic carbocycles. The number of fused-ring (bicyclic) bond motifs is 1. The number of rotatable bonds is 4. The lowest BCUT2D eigenvalue weighted by atomic mass is 9.72. The van der Waals surface area contributed by atoms with Gasteiger partial charge in [0.15, 0.2) is 0 Å². The van der Waals surface area contributed by atoms with Crippen LogP contribution in [0.15, 0.2) is 16.2 Å². The van der Waals surface area contributed by atoms with Crippen molar-refractivity contribution in [1.82, 2.24) is 19.2 Å². The van der Waals surface area contributed by atoms with E-state index >= 15 is 0 Å². The van der Waals surface area contributed by atoms with E-state index in [1.165, 1.54) is 16.0 Å². The predicted molar refractivity (Wildman–Crippen MR) is 108 cm³/mol. The quantitative estimate of drug-likeness (QED) is 0.784. The molecule has 7 nitrogen and oxygen atoms in total. The minimum atomic E-state index is -0.0233. The van der Waals surface area contributed by atoms with Crippen LogP contribution in [-0.2, 0) is 24.2 Å². The van der Waals surface area contributed by atoms with Crippen molar-refractivity contribution in [2.24, 2.45) is 5.41 Å². The molecule has 0 unspecified atom stereocenters. The Bertz CT molecular complexity index is 905. The molecule has 4 rings (SSSR count). The van der Waals surface area contributed by atoms with Crippen molar-refractivity contribution in [3.63, 3.8) is 0 Å². The van der Waals surface area contributed by atoms with Gasteiger partial charge in [0.05, 0.1) is 18.0 Å². The minimum absolute atomic E-state index is 0.0233. The van der Waals surface area contributed by atoms with Crippen LogP contribution >= 0.6 is 11.3 Å². The molecule has 0 N–H and O–H groups in total. The Hall–Kier alpha value is -1.93. The largest absolute Gasteiger partial charge is 0.383 e. The molecule has 0 saturated carbocycles. The maximum atomic E-state index is 12.8. The summed E-state index contributed by atoms with van der Waals surface area (Å²) in [6.07, 6.45) is 4.86. The minimum Gasteiger partial charge on any atom is -0.383 e. The maximum absolute atomic E-state index is 12.8. The molecule has 0 radical (unpaired) electrons. The first-order valence-corrected chi connectivity index (χ1v) is 10.9. The molecule has 1 fully saturated rings. The van der Waals surface area contributed by atoms with Crippen LogP contribution in [0, 0.1) is 12.3 Å². The highest BCUT2D eigenvalue weighted by Crippen LogP contribution is 2.41. The molecular formula is C20H28N4O3S. The SMILES string of the molecule is COCCn1nc2n(c1=O)CCC1(CC2)CCN(C(=O)c2sccc2C)CC1. The summed E-state index contributed by atoms with van der Waals surface area (Å²) in [7, 11) is 1.63. The molecule has 1 spiro atoms. The highest BCUT2D eigenvalue weighted by molar-refractivity contribution is 7.12. The zero-order chi connectivity index (χ0) is 19.7. The number of carbonyl (C=O) groups is 1. The number of aromatic nitrogens is 3. The third-order valence-corrected chi connectivity index (χ3v) is 7.42. The van der Waals surface area contributed by atoms with Crippen LogP contribution in [0.4, 0.5) is 0 Å². The topological polar surface area (TPSA) is 69.4 Å². The molecule has 28 heavy (non-hydrogen) atoms. The number of hydrogen-bond acceptors (Lipinski definition) is 5. The maximum Gasteiger partial charge on any atom is 0.345 e. The molecule has 152 valence electrons.